The van der Waals surface area contributed by atoms with E-state index in [-0.39, 0.29) is 0 Å². The molecule has 0 aromatic rings. The molecule has 0 heterocycles. The zero-order valence-corrected chi connectivity index (χ0v) is 4.50. The number of rotatable bonds is 1. The topological polar surface area (TPSA) is 91.6 Å². The van der Waals surface area contributed by atoms with E-state index in [0.29, 0.717) is 0 Å². The molecule has 0 atom stereocenters. The Bertz CT molecular complexity index is 200. The van der Waals surface area contributed by atoms with Gasteiger partial charge in [0.1, 0.15) is 12.1 Å². The summed E-state index contributed by atoms with van der Waals surface area (Å²) in [7, 11) is 0. The standard InChI is InChI=1S/C5H3N3O/c6-2-1-5(9,3-7)4-8/h9H,1H2. The molecule has 9 heavy (non-hydrogen) atoms. The van der Waals surface area contributed by atoms with Crippen LogP contribution in [-0.2, 0) is 0 Å². The van der Waals surface area contributed by atoms with Gasteiger partial charge in [0.15, 0.2) is 0 Å². The summed E-state index contributed by atoms with van der Waals surface area (Å²) in [5, 5.41) is 32.7. The summed E-state index contributed by atoms with van der Waals surface area (Å²) in [5.41, 5.74) is -2.12. The molecule has 0 saturated carbocycles. The van der Waals surface area contributed by atoms with Crippen LogP contribution in [0.25, 0.3) is 0 Å². The fourth-order valence-electron chi connectivity index (χ4n) is 0.218. The summed E-state index contributed by atoms with van der Waals surface area (Å²) in [6.07, 6.45) is -0.472. The van der Waals surface area contributed by atoms with E-state index in [1.165, 1.54) is 18.2 Å². The van der Waals surface area contributed by atoms with Gasteiger partial charge in [0, 0.05) is 0 Å². The van der Waals surface area contributed by atoms with Gasteiger partial charge in [-0.3, -0.25) is 0 Å². The first kappa shape index (κ1) is 7.43. The SMILES string of the molecule is N#CCC(O)(C#N)C#N. The van der Waals surface area contributed by atoms with Gasteiger partial charge in [-0.05, 0) is 0 Å². The van der Waals surface area contributed by atoms with Crippen LogP contribution in [0.4, 0.5) is 0 Å². The minimum Gasteiger partial charge on any atom is -0.363 e. The van der Waals surface area contributed by atoms with Crippen molar-refractivity contribution in [3.63, 3.8) is 0 Å². The maximum atomic E-state index is 8.68. The lowest BCUT2D eigenvalue weighted by Crippen LogP contribution is -2.22. The highest BCUT2D eigenvalue weighted by molar-refractivity contribution is 5.18. The zero-order chi connectivity index (χ0) is 7.33. The van der Waals surface area contributed by atoms with Crippen LogP contribution < -0.4 is 0 Å². The van der Waals surface area contributed by atoms with E-state index in [1.54, 1.807) is 0 Å². The fraction of sp³-hybridized carbons (Fsp3) is 0.400. The molecule has 44 valence electrons. The van der Waals surface area contributed by atoms with Crippen molar-refractivity contribution in [3.8, 4) is 18.2 Å². The second-order valence-corrected chi connectivity index (χ2v) is 1.42. The molecule has 0 saturated heterocycles. The van der Waals surface area contributed by atoms with Gasteiger partial charge in [-0.2, -0.15) is 15.8 Å². The Balaban J connectivity index is 4.24. The molecule has 0 aliphatic heterocycles. The van der Waals surface area contributed by atoms with E-state index < -0.39 is 12.0 Å². The van der Waals surface area contributed by atoms with Gasteiger partial charge in [0.05, 0.1) is 12.5 Å². The predicted molar refractivity (Wildman–Crippen MR) is 26.4 cm³/mol. The van der Waals surface area contributed by atoms with Crippen molar-refractivity contribution in [2.45, 2.75) is 12.0 Å². The highest BCUT2D eigenvalue weighted by Gasteiger charge is 2.25. The molecular formula is C5H3N3O. The number of nitrogens with zero attached hydrogens (tertiary/aromatic N) is 3. The molecule has 0 aliphatic rings. The normalized spacial score (nSPS) is 8.67. The maximum Gasteiger partial charge on any atom is 0.251 e. The quantitative estimate of drug-likeness (QED) is 0.481. The summed E-state index contributed by atoms with van der Waals surface area (Å²) in [6.45, 7) is 0. The van der Waals surface area contributed by atoms with Crippen LogP contribution in [0.1, 0.15) is 6.42 Å². The van der Waals surface area contributed by atoms with Crippen LogP contribution in [0.2, 0.25) is 0 Å². The van der Waals surface area contributed by atoms with Crippen LogP contribution in [-0.4, -0.2) is 10.7 Å². The van der Waals surface area contributed by atoms with Gasteiger partial charge in [0.2, 0.25) is 0 Å². The molecule has 0 radical (unpaired) electrons. The van der Waals surface area contributed by atoms with Crippen LogP contribution in [0.15, 0.2) is 0 Å². The minimum atomic E-state index is -2.12. The van der Waals surface area contributed by atoms with Crippen molar-refractivity contribution in [1.29, 1.82) is 15.8 Å². The first-order valence-electron chi connectivity index (χ1n) is 2.10. The van der Waals surface area contributed by atoms with Gasteiger partial charge in [-0.25, -0.2) is 0 Å². The second kappa shape index (κ2) is 2.67. The molecule has 0 amide bonds. The summed E-state index contributed by atoms with van der Waals surface area (Å²) in [4.78, 5) is 0. The molecule has 0 aromatic carbocycles. The molecular weight excluding hydrogens is 118 g/mol. The van der Waals surface area contributed by atoms with E-state index in [4.69, 9.17) is 20.9 Å². The molecule has 0 aromatic heterocycles. The summed E-state index contributed by atoms with van der Waals surface area (Å²) >= 11 is 0. The highest BCUT2D eigenvalue weighted by Crippen LogP contribution is 2.04. The minimum absolute atomic E-state index is 0.472. The summed E-state index contributed by atoms with van der Waals surface area (Å²) < 4.78 is 0. The molecule has 0 spiro atoms. The molecule has 0 aliphatic carbocycles. The highest BCUT2D eigenvalue weighted by atomic mass is 16.3. The van der Waals surface area contributed by atoms with Crippen LogP contribution >= 0.6 is 0 Å². The van der Waals surface area contributed by atoms with E-state index in [9.17, 15) is 0 Å². The molecule has 0 bridgehead atoms. The van der Waals surface area contributed by atoms with Crippen molar-refractivity contribution in [2.24, 2.45) is 0 Å². The molecule has 4 heteroatoms. The van der Waals surface area contributed by atoms with Crippen LogP contribution in [0.5, 0.6) is 0 Å². The van der Waals surface area contributed by atoms with Crippen molar-refractivity contribution in [2.75, 3.05) is 0 Å². The van der Waals surface area contributed by atoms with Gasteiger partial charge in [0.25, 0.3) is 5.60 Å². The molecule has 0 rings (SSSR count). The Morgan fingerprint density at radius 1 is 1.22 bits per heavy atom. The Labute approximate surface area is 52.2 Å². The zero-order valence-electron chi connectivity index (χ0n) is 4.50. The van der Waals surface area contributed by atoms with E-state index in [2.05, 4.69) is 0 Å². The summed E-state index contributed by atoms with van der Waals surface area (Å²) in [5.74, 6) is 0. The van der Waals surface area contributed by atoms with Crippen molar-refractivity contribution in [3.05, 3.63) is 0 Å². The average molecular weight is 121 g/mol. The third kappa shape index (κ3) is 1.78. The van der Waals surface area contributed by atoms with Crippen LogP contribution in [0.3, 0.4) is 0 Å². The second-order valence-electron chi connectivity index (χ2n) is 1.42. The Morgan fingerprint density at radius 2 is 1.67 bits per heavy atom. The predicted octanol–water partition coefficient (Wildman–Crippen LogP) is -0.322. The number of aliphatic hydroxyl groups is 1. The largest absolute Gasteiger partial charge is 0.363 e. The van der Waals surface area contributed by atoms with Gasteiger partial charge in [-0.1, -0.05) is 0 Å². The average Bonchev–Trinajstić information content (AvgIpc) is 1.89. The van der Waals surface area contributed by atoms with Crippen molar-refractivity contribution < 1.29 is 5.11 Å². The lowest BCUT2D eigenvalue weighted by atomic mass is 10.1. The monoisotopic (exact) mass is 121 g/mol. The number of nitriles is 3. The number of hydrogen-bond donors (Lipinski definition) is 1. The van der Waals surface area contributed by atoms with Crippen molar-refractivity contribution >= 4 is 0 Å². The maximum absolute atomic E-state index is 8.68. The van der Waals surface area contributed by atoms with E-state index >= 15 is 0 Å². The van der Waals surface area contributed by atoms with Gasteiger partial charge >= 0.3 is 0 Å². The first-order chi connectivity index (χ1) is 4.18. The van der Waals surface area contributed by atoms with Crippen molar-refractivity contribution in [1.82, 2.24) is 0 Å². The fourth-order valence-corrected chi connectivity index (χ4v) is 0.218. The molecule has 1 N–H and O–H groups in total. The Morgan fingerprint density at radius 3 is 1.78 bits per heavy atom. The molecule has 4 nitrogen and oxygen atoms in total. The third-order valence-corrected chi connectivity index (χ3v) is 0.705. The van der Waals surface area contributed by atoms with Crippen LogP contribution in [0, 0.1) is 34.0 Å². The molecule has 0 unspecified atom stereocenters. The Hall–Kier alpha value is -1.57. The van der Waals surface area contributed by atoms with Gasteiger partial charge in [-0.15, -0.1) is 0 Å². The van der Waals surface area contributed by atoms with Gasteiger partial charge < -0.3 is 5.11 Å². The Kier molecular flexibility index (Phi) is 2.20. The summed E-state index contributed by atoms with van der Waals surface area (Å²) in [6, 6.07) is 4.12. The van der Waals surface area contributed by atoms with E-state index in [1.807, 2.05) is 0 Å². The molecule has 0 fully saturated rings. The lowest BCUT2D eigenvalue weighted by Gasteiger charge is -2.01. The third-order valence-electron chi connectivity index (χ3n) is 0.705. The number of hydrogen-bond acceptors (Lipinski definition) is 4. The first-order valence-corrected chi connectivity index (χ1v) is 2.10. The smallest absolute Gasteiger partial charge is 0.251 e. The van der Waals surface area contributed by atoms with E-state index in [0.717, 1.165) is 0 Å². The lowest BCUT2D eigenvalue weighted by molar-refractivity contribution is 0.163.